The average molecular weight is 214 g/mol. The van der Waals surface area contributed by atoms with Crippen molar-refractivity contribution in [1.82, 2.24) is 4.90 Å². The third-order valence-corrected chi connectivity index (χ3v) is 2.69. The van der Waals surface area contributed by atoms with Gasteiger partial charge in [-0.05, 0) is 31.7 Å². The molecule has 3 heteroatoms. The van der Waals surface area contributed by atoms with Crippen molar-refractivity contribution in [3.8, 4) is 6.07 Å². The van der Waals surface area contributed by atoms with E-state index >= 15 is 0 Å². The summed E-state index contributed by atoms with van der Waals surface area (Å²) in [6, 6.07) is 2.19. The van der Waals surface area contributed by atoms with E-state index in [0.717, 1.165) is 25.4 Å². The predicted molar refractivity (Wildman–Crippen MR) is 64.7 cm³/mol. The molecule has 2 nitrogen and oxygen atoms in total. The number of unbranched alkanes of at least 4 members (excludes halogenated alkanes) is 3. The largest absolute Gasteiger partial charge is 0.303 e. The van der Waals surface area contributed by atoms with E-state index in [-0.39, 0.29) is 0 Å². The molecular weight excluding hydrogens is 192 g/mol. The number of thiol groups is 1. The summed E-state index contributed by atoms with van der Waals surface area (Å²) in [5, 5.41) is 8.47. The van der Waals surface area contributed by atoms with Crippen LogP contribution in [-0.4, -0.2) is 30.3 Å². The molecule has 0 unspecified atom stereocenters. The number of hydrogen-bond acceptors (Lipinski definition) is 3. The molecule has 0 aromatic carbocycles. The van der Waals surface area contributed by atoms with Crippen LogP contribution < -0.4 is 0 Å². The van der Waals surface area contributed by atoms with Gasteiger partial charge in [0.15, 0.2) is 0 Å². The van der Waals surface area contributed by atoms with E-state index in [4.69, 9.17) is 5.26 Å². The molecule has 0 aromatic rings. The molecule has 0 spiro atoms. The fourth-order valence-electron chi connectivity index (χ4n) is 1.44. The molecule has 14 heavy (non-hydrogen) atoms. The van der Waals surface area contributed by atoms with Crippen LogP contribution in [0, 0.1) is 11.3 Å². The quantitative estimate of drug-likeness (QED) is 0.472. The zero-order chi connectivity index (χ0) is 10.6. The predicted octanol–water partition coefficient (Wildman–Crippen LogP) is 2.71. The highest BCUT2D eigenvalue weighted by atomic mass is 32.1. The van der Waals surface area contributed by atoms with Crippen molar-refractivity contribution >= 4 is 12.6 Å². The molecule has 0 aliphatic carbocycles. The normalized spacial score (nSPS) is 10.4. The molecule has 0 saturated carbocycles. The van der Waals surface area contributed by atoms with E-state index in [1.165, 1.54) is 25.7 Å². The van der Waals surface area contributed by atoms with Crippen molar-refractivity contribution in [2.45, 2.75) is 39.0 Å². The first kappa shape index (κ1) is 13.8. The van der Waals surface area contributed by atoms with E-state index in [2.05, 4.69) is 30.5 Å². The maximum Gasteiger partial charge on any atom is 0.0635 e. The summed E-state index contributed by atoms with van der Waals surface area (Å²) in [5.41, 5.74) is 0. The standard InChI is InChI=1S/C11H22N2S/c1-2-13(10-7-8-12)9-5-3-4-6-11-14/h14H,2-7,9-11H2,1H3. The molecule has 0 rings (SSSR count). The van der Waals surface area contributed by atoms with Gasteiger partial charge in [0.25, 0.3) is 0 Å². The lowest BCUT2D eigenvalue weighted by molar-refractivity contribution is 0.287. The van der Waals surface area contributed by atoms with Gasteiger partial charge in [0.1, 0.15) is 0 Å². The van der Waals surface area contributed by atoms with Crippen molar-refractivity contribution < 1.29 is 0 Å². The van der Waals surface area contributed by atoms with Gasteiger partial charge in [-0.1, -0.05) is 19.8 Å². The first-order valence-corrected chi connectivity index (χ1v) is 6.18. The number of nitriles is 1. The van der Waals surface area contributed by atoms with Crippen LogP contribution >= 0.6 is 12.6 Å². The summed E-state index contributed by atoms with van der Waals surface area (Å²) in [5.74, 6) is 1.01. The van der Waals surface area contributed by atoms with E-state index in [0.29, 0.717) is 6.42 Å². The van der Waals surface area contributed by atoms with Crippen molar-refractivity contribution in [2.75, 3.05) is 25.4 Å². The first-order valence-electron chi connectivity index (χ1n) is 5.55. The maximum absolute atomic E-state index is 8.47. The van der Waals surface area contributed by atoms with Crippen molar-refractivity contribution in [3.05, 3.63) is 0 Å². The molecule has 0 aliphatic heterocycles. The minimum atomic E-state index is 0.657. The number of hydrogen-bond donors (Lipinski definition) is 1. The lowest BCUT2D eigenvalue weighted by atomic mass is 10.2. The second-order valence-corrected chi connectivity index (χ2v) is 3.93. The molecule has 0 radical (unpaired) electrons. The monoisotopic (exact) mass is 214 g/mol. The Labute approximate surface area is 93.7 Å². The van der Waals surface area contributed by atoms with Crippen LogP contribution in [0.1, 0.15) is 39.0 Å². The van der Waals surface area contributed by atoms with Gasteiger partial charge in [-0.15, -0.1) is 0 Å². The highest BCUT2D eigenvalue weighted by Crippen LogP contribution is 2.03. The Balaban J connectivity index is 3.29. The topological polar surface area (TPSA) is 27.0 Å². The Morgan fingerprint density at radius 3 is 2.43 bits per heavy atom. The summed E-state index contributed by atoms with van der Waals surface area (Å²) in [7, 11) is 0. The molecule has 0 atom stereocenters. The molecule has 0 heterocycles. The first-order chi connectivity index (χ1) is 6.85. The SMILES string of the molecule is CCN(CCC#N)CCCCCCS. The number of nitrogens with zero attached hydrogens (tertiary/aromatic N) is 2. The summed E-state index contributed by atoms with van der Waals surface area (Å²) in [4.78, 5) is 2.35. The fraction of sp³-hybridized carbons (Fsp3) is 0.909. The lowest BCUT2D eigenvalue weighted by Crippen LogP contribution is -2.25. The van der Waals surface area contributed by atoms with Gasteiger partial charge < -0.3 is 4.90 Å². The van der Waals surface area contributed by atoms with Crippen LogP contribution in [0.2, 0.25) is 0 Å². The summed E-state index contributed by atoms with van der Waals surface area (Å²) in [6.45, 7) is 5.30. The van der Waals surface area contributed by atoms with Crippen molar-refractivity contribution in [1.29, 1.82) is 5.26 Å². The van der Waals surface area contributed by atoms with E-state index in [1.54, 1.807) is 0 Å². The highest BCUT2D eigenvalue weighted by molar-refractivity contribution is 7.80. The van der Waals surface area contributed by atoms with Gasteiger partial charge in [-0.3, -0.25) is 0 Å². The van der Waals surface area contributed by atoms with Gasteiger partial charge in [-0.2, -0.15) is 17.9 Å². The minimum Gasteiger partial charge on any atom is -0.303 e. The van der Waals surface area contributed by atoms with Crippen LogP contribution in [0.4, 0.5) is 0 Å². The second kappa shape index (κ2) is 10.9. The van der Waals surface area contributed by atoms with Crippen molar-refractivity contribution in [3.63, 3.8) is 0 Å². The molecule has 82 valence electrons. The zero-order valence-electron chi connectivity index (χ0n) is 9.21. The minimum absolute atomic E-state index is 0.657. The third-order valence-electron chi connectivity index (χ3n) is 2.37. The molecule has 0 saturated heterocycles. The lowest BCUT2D eigenvalue weighted by Gasteiger charge is -2.18. The van der Waals surface area contributed by atoms with Gasteiger partial charge >= 0.3 is 0 Å². The van der Waals surface area contributed by atoms with E-state index in [1.807, 2.05) is 0 Å². The Bertz CT molecular complexity index is 154. The summed E-state index contributed by atoms with van der Waals surface area (Å²) < 4.78 is 0. The smallest absolute Gasteiger partial charge is 0.0635 e. The molecule has 0 bridgehead atoms. The van der Waals surface area contributed by atoms with Gasteiger partial charge in [-0.25, -0.2) is 0 Å². The van der Waals surface area contributed by atoms with Crippen LogP contribution in [-0.2, 0) is 0 Å². The van der Waals surface area contributed by atoms with E-state index < -0.39 is 0 Å². The van der Waals surface area contributed by atoms with Gasteiger partial charge in [0.05, 0.1) is 6.07 Å². The Morgan fingerprint density at radius 1 is 1.14 bits per heavy atom. The van der Waals surface area contributed by atoms with Crippen molar-refractivity contribution in [2.24, 2.45) is 0 Å². The summed E-state index contributed by atoms with van der Waals surface area (Å²) in [6.07, 6.45) is 5.73. The molecular formula is C11H22N2S. The summed E-state index contributed by atoms with van der Waals surface area (Å²) >= 11 is 4.18. The molecule has 0 amide bonds. The average Bonchev–Trinajstić information content (AvgIpc) is 2.22. The van der Waals surface area contributed by atoms with Gasteiger partial charge in [0, 0.05) is 13.0 Å². The van der Waals surface area contributed by atoms with Crippen LogP contribution in [0.3, 0.4) is 0 Å². The van der Waals surface area contributed by atoms with E-state index in [9.17, 15) is 0 Å². The van der Waals surface area contributed by atoms with Gasteiger partial charge in [0.2, 0.25) is 0 Å². The molecule has 0 aromatic heterocycles. The maximum atomic E-state index is 8.47. The molecule has 0 N–H and O–H groups in total. The Kier molecular flexibility index (Phi) is 10.7. The second-order valence-electron chi connectivity index (χ2n) is 3.48. The third kappa shape index (κ3) is 8.40. The Morgan fingerprint density at radius 2 is 1.86 bits per heavy atom. The van der Waals surface area contributed by atoms with Crippen LogP contribution in [0.25, 0.3) is 0 Å². The molecule has 0 fully saturated rings. The molecule has 0 aliphatic rings. The van der Waals surface area contributed by atoms with Crippen LogP contribution in [0.15, 0.2) is 0 Å². The highest BCUT2D eigenvalue weighted by Gasteiger charge is 2.00. The number of rotatable bonds is 9. The van der Waals surface area contributed by atoms with Crippen LogP contribution in [0.5, 0.6) is 0 Å². The zero-order valence-corrected chi connectivity index (χ0v) is 10.1. The fourth-order valence-corrected chi connectivity index (χ4v) is 1.66. The Hall–Kier alpha value is -0.200.